The smallest absolute Gasteiger partial charge is 0.0763 e. The lowest BCUT2D eigenvalue weighted by atomic mass is 9.70. The molecule has 2 nitrogen and oxygen atoms in total. The largest absolute Gasteiger partial charge is 0.396 e. The van der Waals surface area contributed by atoms with Gasteiger partial charge < -0.3 is 10.2 Å². The monoisotopic (exact) mass is 266 g/mol. The zero-order chi connectivity index (χ0) is 8.32. The fraction of sp³-hybridized carbons (Fsp3) is 0.750. The van der Waals surface area contributed by atoms with Crippen molar-refractivity contribution in [3.63, 3.8) is 0 Å². The third-order valence-electron chi connectivity index (χ3n) is 2.08. The van der Waals surface area contributed by atoms with Gasteiger partial charge in [0.15, 0.2) is 0 Å². The van der Waals surface area contributed by atoms with Crippen LogP contribution in [-0.4, -0.2) is 22.4 Å². The van der Waals surface area contributed by atoms with Crippen LogP contribution in [0.25, 0.3) is 0 Å². The van der Waals surface area contributed by atoms with Crippen molar-refractivity contribution in [3.05, 3.63) is 0 Å². The zero-order valence-corrected chi connectivity index (χ0v) is 8.34. The minimum absolute atomic E-state index is 0.194. The average Bonchev–Trinajstić information content (AvgIpc) is 1.95. The van der Waals surface area contributed by atoms with E-state index in [9.17, 15) is 5.11 Å². The molecule has 11 heavy (non-hydrogen) atoms. The van der Waals surface area contributed by atoms with Gasteiger partial charge in [-0.15, -0.1) is 0 Å². The Kier molecular flexibility index (Phi) is 3.16. The van der Waals surface area contributed by atoms with E-state index in [2.05, 4.69) is 9.85 Å². The Morgan fingerprint density at radius 3 is 2.64 bits per heavy atom. The van der Waals surface area contributed by atoms with Crippen LogP contribution in [0.3, 0.4) is 0 Å². The molecule has 0 saturated heterocycles. The third-order valence-corrected chi connectivity index (χ3v) is 2.46. The molecule has 1 aliphatic carbocycles. The number of aliphatic hydroxyl groups is 2. The summed E-state index contributed by atoms with van der Waals surface area (Å²) in [6.07, 6.45) is 1.95. The van der Waals surface area contributed by atoms with Crippen molar-refractivity contribution in [1.82, 2.24) is 0 Å². The van der Waals surface area contributed by atoms with Gasteiger partial charge in [0.25, 0.3) is 0 Å². The van der Waals surface area contributed by atoms with Crippen LogP contribution in [0.5, 0.6) is 0 Å². The van der Waals surface area contributed by atoms with Crippen LogP contribution < -0.4 is 0 Å². The summed E-state index contributed by atoms with van der Waals surface area (Å²) in [5.74, 6) is 3.14. The van der Waals surface area contributed by atoms with E-state index < -0.39 is 5.60 Å². The third kappa shape index (κ3) is 2.32. The standard InChI is InChI=1S/C8H11IO2/c9-3-1-2-8(11)4-7(5-8)6-10/h7,10-11H,2,4-6H2/t7-,8+. The number of halogens is 1. The Morgan fingerprint density at radius 1 is 1.55 bits per heavy atom. The maximum Gasteiger partial charge on any atom is 0.0763 e. The topological polar surface area (TPSA) is 40.5 Å². The van der Waals surface area contributed by atoms with Gasteiger partial charge in [-0.05, 0) is 22.7 Å². The van der Waals surface area contributed by atoms with E-state index >= 15 is 0 Å². The van der Waals surface area contributed by atoms with Gasteiger partial charge >= 0.3 is 0 Å². The van der Waals surface area contributed by atoms with E-state index in [1.54, 1.807) is 0 Å². The molecule has 0 aromatic rings. The number of aliphatic hydroxyl groups excluding tert-OH is 1. The molecular formula is C8H11IO2. The van der Waals surface area contributed by atoms with Gasteiger partial charge in [0.1, 0.15) is 0 Å². The SMILES string of the molecule is OC[C@H]1C[C@](O)(CC#CI)C1. The lowest BCUT2D eigenvalue weighted by Gasteiger charge is -2.41. The highest BCUT2D eigenvalue weighted by Crippen LogP contribution is 2.39. The van der Waals surface area contributed by atoms with E-state index in [1.807, 2.05) is 22.6 Å². The fourth-order valence-electron chi connectivity index (χ4n) is 1.49. The van der Waals surface area contributed by atoms with Gasteiger partial charge in [-0.25, -0.2) is 0 Å². The van der Waals surface area contributed by atoms with Crippen LogP contribution in [0.4, 0.5) is 0 Å². The molecular weight excluding hydrogens is 255 g/mol. The van der Waals surface area contributed by atoms with Gasteiger partial charge in [-0.2, -0.15) is 0 Å². The summed E-state index contributed by atoms with van der Waals surface area (Å²) >= 11 is 1.96. The molecule has 62 valence electrons. The molecule has 0 unspecified atom stereocenters. The minimum Gasteiger partial charge on any atom is -0.396 e. The summed E-state index contributed by atoms with van der Waals surface area (Å²) in [4.78, 5) is 0. The normalized spacial score (nSPS) is 35.4. The number of rotatable bonds is 2. The first kappa shape index (κ1) is 9.30. The summed E-state index contributed by atoms with van der Waals surface area (Å²) in [7, 11) is 0. The Bertz CT molecular complexity index is 186. The molecule has 0 radical (unpaired) electrons. The van der Waals surface area contributed by atoms with Crippen LogP contribution in [0.1, 0.15) is 19.3 Å². The van der Waals surface area contributed by atoms with E-state index in [-0.39, 0.29) is 6.61 Å². The molecule has 0 spiro atoms. The Hall–Kier alpha value is 0.210. The molecule has 1 aliphatic rings. The van der Waals surface area contributed by atoms with Crippen molar-refractivity contribution in [2.75, 3.05) is 6.61 Å². The van der Waals surface area contributed by atoms with Crippen molar-refractivity contribution in [2.24, 2.45) is 5.92 Å². The summed E-state index contributed by atoms with van der Waals surface area (Å²) in [5, 5.41) is 18.3. The zero-order valence-electron chi connectivity index (χ0n) is 6.18. The Morgan fingerprint density at radius 2 is 2.18 bits per heavy atom. The highest BCUT2D eigenvalue weighted by atomic mass is 127. The molecule has 0 aliphatic heterocycles. The van der Waals surface area contributed by atoms with Crippen LogP contribution in [0.15, 0.2) is 0 Å². The summed E-state index contributed by atoms with van der Waals surface area (Å²) in [5.41, 5.74) is -0.592. The molecule has 0 amide bonds. The van der Waals surface area contributed by atoms with Gasteiger partial charge in [-0.3, -0.25) is 0 Å². The second-order valence-corrected chi connectivity index (χ2v) is 3.67. The summed E-state index contributed by atoms with van der Waals surface area (Å²) in [6, 6.07) is 0. The number of hydrogen-bond donors (Lipinski definition) is 2. The first-order chi connectivity index (χ1) is 5.20. The maximum absolute atomic E-state index is 9.63. The molecule has 0 atom stereocenters. The summed E-state index contributed by atoms with van der Waals surface area (Å²) in [6.45, 7) is 0.194. The molecule has 0 bridgehead atoms. The minimum atomic E-state index is -0.592. The van der Waals surface area contributed by atoms with Crippen LogP contribution in [-0.2, 0) is 0 Å². The second kappa shape index (κ2) is 3.74. The molecule has 0 heterocycles. The Labute approximate surface area is 80.1 Å². The van der Waals surface area contributed by atoms with Crippen LogP contribution in [0.2, 0.25) is 0 Å². The van der Waals surface area contributed by atoms with Crippen molar-refractivity contribution >= 4 is 22.6 Å². The van der Waals surface area contributed by atoms with Crippen LogP contribution >= 0.6 is 22.6 Å². The van der Waals surface area contributed by atoms with Gasteiger partial charge in [0.2, 0.25) is 0 Å². The lowest BCUT2D eigenvalue weighted by molar-refractivity contribution is -0.0829. The van der Waals surface area contributed by atoms with Gasteiger partial charge in [-0.1, -0.05) is 5.92 Å². The predicted octanol–water partition coefficient (Wildman–Crippen LogP) is 0.906. The molecule has 0 aromatic carbocycles. The van der Waals surface area contributed by atoms with E-state index in [0.717, 1.165) is 0 Å². The first-order valence-corrected chi connectivity index (χ1v) is 4.70. The average molecular weight is 266 g/mol. The first-order valence-electron chi connectivity index (χ1n) is 3.62. The molecule has 3 heteroatoms. The van der Waals surface area contributed by atoms with Crippen LogP contribution in [0, 0.1) is 15.8 Å². The van der Waals surface area contributed by atoms with Gasteiger partial charge in [0, 0.05) is 35.6 Å². The van der Waals surface area contributed by atoms with E-state index in [0.29, 0.717) is 25.2 Å². The molecule has 1 fully saturated rings. The van der Waals surface area contributed by atoms with E-state index in [1.165, 1.54) is 0 Å². The van der Waals surface area contributed by atoms with Crippen molar-refractivity contribution < 1.29 is 10.2 Å². The second-order valence-electron chi connectivity index (χ2n) is 3.13. The van der Waals surface area contributed by atoms with E-state index in [4.69, 9.17) is 5.11 Å². The van der Waals surface area contributed by atoms with Crippen molar-refractivity contribution in [2.45, 2.75) is 24.9 Å². The maximum atomic E-state index is 9.63. The summed E-state index contributed by atoms with van der Waals surface area (Å²) < 4.78 is 2.72. The molecule has 2 N–H and O–H groups in total. The highest BCUT2D eigenvalue weighted by Gasteiger charge is 2.41. The predicted molar refractivity (Wildman–Crippen MR) is 51.2 cm³/mol. The highest BCUT2D eigenvalue weighted by molar-refractivity contribution is 14.1. The molecule has 0 aromatic heterocycles. The molecule has 1 saturated carbocycles. The fourth-order valence-corrected chi connectivity index (χ4v) is 1.68. The number of hydrogen-bond acceptors (Lipinski definition) is 2. The van der Waals surface area contributed by atoms with Crippen molar-refractivity contribution in [1.29, 1.82) is 0 Å². The molecule has 1 rings (SSSR count). The van der Waals surface area contributed by atoms with Crippen molar-refractivity contribution in [3.8, 4) is 9.85 Å². The quantitative estimate of drug-likeness (QED) is 0.576. The Balaban J connectivity index is 2.29. The van der Waals surface area contributed by atoms with Gasteiger partial charge in [0.05, 0.1) is 5.60 Å². The lowest BCUT2D eigenvalue weighted by Crippen LogP contribution is -2.44.